The SMILES string of the molecule is CC(C)C(NC(=O)c1ccc2c(=O)n3c(nc2c1)CCC3)c1cccs1. The van der Waals surface area contributed by atoms with Crippen LogP contribution in [0.4, 0.5) is 0 Å². The molecule has 0 saturated carbocycles. The van der Waals surface area contributed by atoms with E-state index in [1.807, 2.05) is 17.5 Å². The molecule has 1 N–H and O–H groups in total. The lowest BCUT2D eigenvalue weighted by atomic mass is 10.0. The van der Waals surface area contributed by atoms with E-state index >= 15 is 0 Å². The number of aromatic nitrogens is 2. The van der Waals surface area contributed by atoms with Gasteiger partial charge in [-0.1, -0.05) is 19.9 Å². The third-order valence-electron chi connectivity index (χ3n) is 4.88. The molecule has 5 nitrogen and oxygen atoms in total. The summed E-state index contributed by atoms with van der Waals surface area (Å²) in [5, 5.41) is 5.72. The Labute approximate surface area is 155 Å². The van der Waals surface area contributed by atoms with Crippen LogP contribution < -0.4 is 10.9 Å². The van der Waals surface area contributed by atoms with Crippen LogP contribution in [0, 0.1) is 5.92 Å². The fraction of sp³-hybridized carbons (Fsp3) is 0.350. The van der Waals surface area contributed by atoms with E-state index in [0.717, 1.165) is 30.1 Å². The van der Waals surface area contributed by atoms with E-state index in [0.29, 0.717) is 16.5 Å². The maximum absolute atomic E-state index is 12.8. The molecule has 0 saturated heterocycles. The Hall–Kier alpha value is -2.47. The third-order valence-corrected chi connectivity index (χ3v) is 5.84. The van der Waals surface area contributed by atoms with E-state index in [2.05, 4.69) is 24.1 Å². The zero-order valence-electron chi connectivity index (χ0n) is 14.9. The lowest BCUT2D eigenvalue weighted by Gasteiger charge is -2.21. The number of carbonyl (C=O) groups is 1. The zero-order valence-corrected chi connectivity index (χ0v) is 15.7. The van der Waals surface area contributed by atoms with Crippen LogP contribution in [0.2, 0.25) is 0 Å². The zero-order chi connectivity index (χ0) is 18.3. The topological polar surface area (TPSA) is 64.0 Å². The Morgan fingerprint density at radius 1 is 1.31 bits per heavy atom. The normalized spacial score (nSPS) is 14.6. The lowest BCUT2D eigenvalue weighted by molar-refractivity contribution is 0.0926. The first-order chi connectivity index (χ1) is 12.5. The maximum Gasteiger partial charge on any atom is 0.261 e. The highest BCUT2D eigenvalue weighted by atomic mass is 32.1. The molecule has 6 heteroatoms. The number of amides is 1. The summed E-state index contributed by atoms with van der Waals surface area (Å²) in [6, 6.07) is 9.18. The molecule has 0 fully saturated rings. The van der Waals surface area contributed by atoms with Gasteiger partial charge in [0.25, 0.3) is 11.5 Å². The average molecular weight is 367 g/mol. The highest BCUT2D eigenvalue weighted by Gasteiger charge is 2.21. The molecule has 1 aromatic carbocycles. The van der Waals surface area contributed by atoms with Gasteiger partial charge in [0.15, 0.2) is 0 Å². The first-order valence-electron chi connectivity index (χ1n) is 8.92. The van der Waals surface area contributed by atoms with Gasteiger partial charge in [0.1, 0.15) is 5.82 Å². The number of benzene rings is 1. The molecule has 3 heterocycles. The molecule has 1 unspecified atom stereocenters. The first kappa shape index (κ1) is 17.0. The third kappa shape index (κ3) is 2.94. The number of hydrogen-bond donors (Lipinski definition) is 1. The molecular formula is C20H21N3O2S. The number of thiophene rings is 1. The Bertz CT molecular complexity index is 1020. The van der Waals surface area contributed by atoms with Gasteiger partial charge in [-0.3, -0.25) is 14.2 Å². The number of aryl methyl sites for hydroxylation is 1. The van der Waals surface area contributed by atoms with E-state index in [1.165, 1.54) is 0 Å². The van der Waals surface area contributed by atoms with E-state index in [1.54, 1.807) is 34.1 Å². The van der Waals surface area contributed by atoms with E-state index in [9.17, 15) is 9.59 Å². The minimum atomic E-state index is -0.138. The summed E-state index contributed by atoms with van der Waals surface area (Å²) in [6.07, 6.45) is 1.76. The second-order valence-electron chi connectivity index (χ2n) is 7.03. The van der Waals surface area contributed by atoms with Crippen molar-refractivity contribution >= 4 is 28.1 Å². The van der Waals surface area contributed by atoms with Gasteiger partial charge in [-0.25, -0.2) is 4.98 Å². The predicted octanol–water partition coefficient (Wildman–Crippen LogP) is 3.53. The summed E-state index contributed by atoms with van der Waals surface area (Å²) in [5.41, 5.74) is 1.13. The van der Waals surface area contributed by atoms with Crippen molar-refractivity contribution in [3.63, 3.8) is 0 Å². The van der Waals surface area contributed by atoms with E-state index < -0.39 is 0 Å². The molecule has 1 aliphatic heterocycles. The number of carbonyl (C=O) groups excluding carboxylic acids is 1. The Kier molecular flexibility index (Phi) is 4.36. The molecule has 1 amide bonds. The van der Waals surface area contributed by atoms with Crippen LogP contribution in [-0.2, 0) is 13.0 Å². The van der Waals surface area contributed by atoms with Crippen LogP contribution in [-0.4, -0.2) is 15.5 Å². The van der Waals surface area contributed by atoms with Crippen molar-refractivity contribution in [1.29, 1.82) is 0 Å². The van der Waals surface area contributed by atoms with Gasteiger partial charge in [-0.2, -0.15) is 0 Å². The van der Waals surface area contributed by atoms with Gasteiger partial charge >= 0.3 is 0 Å². The standard InChI is InChI=1S/C20H21N3O2S/c1-12(2)18(16-5-4-10-26-16)22-19(24)13-7-8-14-15(11-13)21-17-6-3-9-23(17)20(14)25/h4-5,7-8,10-12,18H,3,6,9H2,1-2H3,(H,22,24). The Morgan fingerprint density at radius 2 is 2.15 bits per heavy atom. The smallest absolute Gasteiger partial charge is 0.261 e. The molecular weight excluding hydrogens is 346 g/mol. The van der Waals surface area contributed by atoms with Gasteiger partial charge in [-0.05, 0) is 42.0 Å². The predicted molar refractivity (Wildman–Crippen MR) is 104 cm³/mol. The molecule has 1 aliphatic rings. The van der Waals surface area contributed by atoms with Gasteiger partial charge in [0.05, 0.1) is 16.9 Å². The van der Waals surface area contributed by atoms with Crippen molar-refractivity contribution in [1.82, 2.24) is 14.9 Å². The molecule has 2 aromatic heterocycles. The van der Waals surface area contributed by atoms with Crippen molar-refractivity contribution in [3.05, 3.63) is 62.3 Å². The number of rotatable bonds is 4. The van der Waals surface area contributed by atoms with Gasteiger partial charge in [0.2, 0.25) is 0 Å². The van der Waals surface area contributed by atoms with Crippen LogP contribution in [0.15, 0.2) is 40.5 Å². The summed E-state index contributed by atoms with van der Waals surface area (Å²) in [6.45, 7) is 4.92. The molecule has 0 bridgehead atoms. The summed E-state index contributed by atoms with van der Waals surface area (Å²) in [7, 11) is 0. The van der Waals surface area contributed by atoms with Crippen molar-refractivity contribution in [2.75, 3.05) is 0 Å². The van der Waals surface area contributed by atoms with Crippen molar-refractivity contribution in [2.24, 2.45) is 5.92 Å². The number of nitrogens with zero attached hydrogens (tertiary/aromatic N) is 2. The molecule has 0 aliphatic carbocycles. The van der Waals surface area contributed by atoms with E-state index in [4.69, 9.17) is 0 Å². The summed E-state index contributed by atoms with van der Waals surface area (Å²) in [4.78, 5) is 31.1. The molecule has 134 valence electrons. The van der Waals surface area contributed by atoms with Gasteiger partial charge < -0.3 is 5.32 Å². The quantitative estimate of drug-likeness (QED) is 0.767. The summed E-state index contributed by atoms with van der Waals surface area (Å²) < 4.78 is 1.74. The fourth-order valence-electron chi connectivity index (χ4n) is 3.48. The molecule has 0 radical (unpaired) electrons. The van der Waals surface area contributed by atoms with Crippen molar-refractivity contribution < 1.29 is 4.79 Å². The maximum atomic E-state index is 12.8. The molecule has 3 aromatic rings. The summed E-state index contributed by atoms with van der Waals surface area (Å²) >= 11 is 1.64. The van der Waals surface area contributed by atoms with Crippen LogP contribution in [0.3, 0.4) is 0 Å². The highest BCUT2D eigenvalue weighted by molar-refractivity contribution is 7.10. The second-order valence-corrected chi connectivity index (χ2v) is 8.01. The molecule has 1 atom stereocenters. The molecule has 4 rings (SSSR count). The lowest BCUT2D eigenvalue weighted by Crippen LogP contribution is -2.31. The molecule has 0 spiro atoms. The van der Waals surface area contributed by atoms with Crippen molar-refractivity contribution in [3.8, 4) is 0 Å². The van der Waals surface area contributed by atoms with E-state index in [-0.39, 0.29) is 23.4 Å². The van der Waals surface area contributed by atoms with Crippen molar-refractivity contribution in [2.45, 2.75) is 39.3 Å². The van der Waals surface area contributed by atoms with Crippen LogP contribution in [0.5, 0.6) is 0 Å². The summed E-state index contributed by atoms with van der Waals surface area (Å²) in [5.74, 6) is 0.962. The Morgan fingerprint density at radius 3 is 2.88 bits per heavy atom. The largest absolute Gasteiger partial charge is 0.344 e. The first-order valence-corrected chi connectivity index (χ1v) is 9.80. The van der Waals surface area contributed by atoms with Crippen LogP contribution >= 0.6 is 11.3 Å². The minimum Gasteiger partial charge on any atom is -0.344 e. The van der Waals surface area contributed by atoms with Gasteiger partial charge in [-0.15, -0.1) is 11.3 Å². The second kappa shape index (κ2) is 6.68. The fourth-order valence-corrected chi connectivity index (χ4v) is 4.43. The average Bonchev–Trinajstić information content (AvgIpc) is 3.30. The Balaban J connectivity index is 1.67. The monoisotopic (exact) mass is 367 g/mol. The minimum absolute atomic E-state index is 0.00639. The molecule has 26 heavy (non-hydrogen) atoms. The number of hydrogen-bond acceptors (Lipinski definition) is 4. The van der Waals surface area contributed by atoms with Gasteiger partial charge in [0, 0.05) is 23.4 Å². The highest BCUT2D eigenvalue weighted by Crippen LogP contribution is 2.26. The van der Waals surface area contributed by atoms with Crippen LogP contribution in [0.25, 0.3) is 10.9 Å². The number of nitrogens with one attached hydrogen (secondary N) is 1. The van der Waals surface area contributed by atoms with Crippen LogP contribution in [0.1, 0.15) is 47.4 Å². The number of fused-ring (bicyclic) bond motifs is 2.